The molecule has 0 aromatic heterocycles. The average Bonchev–Trinajstić information content (AvgIpc) is 2.49. The maximum Gasteiger partial charge on any atom is 0.220 e. The van der Waals surface area contributed by atoms with E-state index in [4.69, 9.17) is 4.74 Å². The fourth-order valence-corrected chi connectivity index (χ4v) is 2.19. The van der Waals surface area contributed by atoms with Crippen LogP contribution < -0.4 is 15.4 Å². The molecule has 108 valence electrons. The van der Waals surface area contributed by atoms with E-state index in [0.29, 0.717) is 0 Å². The number of hydrogen-bond donors (Lipinski definition) is 2. The molecule has 0 spiro atoms. The number of piperazine rings is 1. The Hall–Kier alpha value is -2.01. The Labute approximate surface area is 119 Å². The lowest BCUT2D eigenvalue weighted by atomic mass is 10.1. The molecule has 1 aliphatic rings. The first kappa shape index (κ1) is 14.4. The summed E-state index contributed by atoms with van der Waals surface area (Å²) in [7, 11) is 1.65. The summed E-state index contributed by atoms with van der Waals surface area (Å²) >= 11 is 0. The van der Waals surface area contributed by atoms with Gasteiger partial charge in [-0.2, -0.15) is 0 Å². The highest BCUT2D eigenvalue weighted by atomic mass is 16.5. The smallest absolute Gasteiger partial charge is 0.220 e. The Morgan fingerprint density at radius 3 is 2.50 bits per heavy atom. The third-order valence-electron chi connectivity index (χ3n) is 3.26. The summed E-state index contributed by atoms with van der Waals surface area (Å²) in [6, 6.07) is 7.88. The van der Waals surface area contributed by atoms with Gasteiger partial charge in [0.2, 0.25) is 5.91 Å². The molecule has 0 saturated carbocycles. The van der Waals surface area contributed by atoms with Gasteiger partial charge in [0.15, 0.2) is 0 Å². The van der Waals surface area contributed by atoms with Crippen LogP contribution >= 0.6 is 0 Å². The van der Waals surface area contributed by atoms with Crippen LogP contribution in [-0.2, 0) is 4.79 Å². The first-order valence-electron chi connectivity index (χ1n) is 6.78. The highest BCUT2D eigenvalue weighted by molar-refractivity contribution is 5.76. The zero-order chi connectivity index (χ0) is 14.4. The fraction of sp³-hybridized carbons (Fsp3) is 0.400. The number of amides is 1. The first-order chi connectivity index (χ1) is 9.70. The maximum absolute atomic E-state index is 11.2. The summed E-state index contributed by atoms with van der Waals surface area (Å²) in [5, 5.41) is 6.10. The molecule has 0 atom stereocenters. The van der Waals surface area contributed by atoms with Crippen LogP contribution in [0.15, 0.2) is 30.5 Å². The molecule has 0 bridgehead atoms. The van der Waals surface area contributed by atoms with Crippen molar-refractivity contribution in [2.45, 2.75) is 6.92 Å². The van der Waals surface area contributed by atoms with E-state index in [1.165, 1.54) is 6.92 Å². The van der Waals surface area contributed by atoms with Gasteiger partial charge in [-0.05, 0) is 29.8 Å². The quantitative estimate of drug-likeness (QED) is 0.862. The van der Waals surface area contributed by atoms with Crippen molar-refractivity contribution in [3.8, 4) is 5.75 Å². The standard InChI is InChI=1S/C15H21N3O2/c1-12(19)17-11-15(18-9-7-16-8-10-18)13-3-5-14(20-2)6-4-13/h3-6,11,16H,7-10H2,1-2H3,(H,17,19). The summed E-state index contributed by atoms with van der Waals surface area (Å²) in [6.45, 7) is 5.27. The molecule has 2 rings (SSSR count). The number of nitrogens with one attached hydrogen (secondary N) is 2. The molecule has 1 heterocycles. The summed E-state index contributed by atoms with van der Waals surface area (Å²) in [4.78, 5) is 13.4. The van der Waals surface area contributed by atoms with Crippen LogP contribution in [0.1, 0.15) is 12.5 Å². The first-order valence-corrected chi connectivity index (χ1v) is 6.78. The van der Waals surface area contributed by atoms with Gasteiger partial charge in [-0.15, -0.1) is 0 Å². The Kier molecular flexibility index (Phi) is 5.01. The third-order valence-corrected chi connectivity index (χ3v) is 3.26. The van der Waals surface area contributed by atoms with Gasteiger partial charge in [0.1, 0.15) is 5.75 Å². The second kappa shape index (κ2) is 6.96. The second-order valence-electron chi connectivity index (χ2n) is 4.70. The van der Waals surface area contributed by atoms with Crippen molar-refractivity contribution >= 4 is 11.6 Å². The molecule has 1 fully saturated rings. The molecular weight excluding hydrogens is 254 g/mol. The van der Waals surface area contributed by atoms with Crippen LogP contribution in [0.4, 0.5) is 0 Å². The van der Waals surface area contributed by atoms with Crippen LogP contribution in [-0.4, -0.2) is 44.1 Å². The molecule has 0 unspecified atom stereocenters. The molecule has 2 N–H and O–H groups in total. The summed E-state index contributed by atoms with van der Waals surface area (Å²) < 4.78 is 5.18. The molecule has 0 radical (unpaired) electrons. The number of hydrogen-bond acceptors (Lipinski definition) is 4. The van der Waals surface area contributed by atoms with E-state index in [1.54, 1.807) is 13.3 Å². The van der Waals surface area contributed by atoms with Crippen LogP contribution in [0.5, 0.6) is 5.75 Å². The molecule has 1 saturated heterocycles. The lowest BCUT2D eigenvalue weighted by molar-refractivity contribution is -0.118. The number of rotatable bonds is 4. The molecule has 5 nitrogen and oxygen atoms in total. The predicted molar refractivity (Wildman–Crippen MR) is 79.2 cm³/mol. The molecule has 0 aliphatic carbocycles. The maximum atomic E-state index is 11.2. The molecule has 1 aromatic carbocycles. The van der Waals surface area contributed by atoms with Crippen LogP contribution in [0.3, 0.4) is 0 Å². The van der Waals surface area contributed by atoms with Crippen molar-refractivity contribution in [1.29, 1.82) is 0 Å². The van der Waals surface area contributed by atoms with E-state index in [9.17, 15) is 4.79 Å². The Bertz CT molecular complexity index is 476. The minimum Gasteiger partial charge on any atom is -0.497 e. The van der Waals surface area contributed by atoms with Crippen molar-refractivity contribution in [3.05, 3.63) is 36.0 Å². The van der Waals surface area contributed by atoms with Gasteiger partial charge in [-0.1, -0.05) is 0 Å². The third kappa shape index (κ3) is 3.74. The van der Waals surface area contributed by atoms with Gasteiger partial charge in [-0.3, -0.25) is 4.79 Å². The number of ether oxygens (including phenoxy) is 1. The van der Waals surface area contributed by atoms with E-state index in [2.05, 4.69) is 15.5 Å². The van der Waals surface area contributed by atoms with E-state index < -0.39 is 0 Å². The minimum absolute atomic E-state index is 0.0638. The molecule has 1 aliphatic heterocycles. The molecule has 20 heavy (non-hydrogen) atoms. The van der Waals surface area contributed by atoms with Gasteiger partial charge < -0.3 is 20.3 Å². The Balaban J connectivity index is 2.23. The minimum atomic E-state index is -0.0638. The van der Waals surface area contributed by atoms with Gasteiger partial charge in [0.25, 0.3) is 0 Å². The van der Waals surface area contributed by atoms with Crippen LogP contribution in [0, 0.1) is 0 Å². The van der Waals surface area contributed by atoms with Gasteiger partial charge >= 0.3 is 0 Å². The van der Waals surface area contributed by atoms with E-state index in [1.807, 2.05) is 24.3 Å². The summed E-state index contributed by atoms with van der Waals surface area (Å²) in [5.74, 6) is 0.763. The second-order valence-corrected chi connectivity index (χ2v) is 4.70. The molecular formula is C15H21N3O2. The SMILES string of the molecule is COc1ccc(C(=CNC(C)=O)N2CCNCC2)cc1. The van der Waals surface area contributed by atoms with E-state index in [0.717, 1.165) is 43.2 Å². The zero-order valence-corrected chi connectivity index (χ0v) is 12.0. The highest BCUT2D eigenvalue weighted by Gasteiger charge is 2.15. The Morgan fingerprint density at radius 1 is 1.30 bits per heavy atom. The molecule has 1 amide bonds. The topological polar surface area (TPSA) is 53.6 Å². The van der Waals surface area contributed by atoms with Crippen molar-refractivity contribution < 1.29 is 9.53 Å². The number of carbonyl (C=O) groups is 1. The predicted octanol–water partition coefficient (Wildman–Crippen LogP) is 1.03. The number of methoxy groups -OCH3 is 1. The number of carbonyl (C=O) groups excluding carboxylic acids is 1. The molecule has 5 heteroatoms. The van der Waals surface area contributed by atoms with Gasteiger partial charge in [-0.25, -0.2) is 0 Å². The summed E-state index contributed by atoms with van der Waals surface area (Å²) in [5.41, 5.74) is 2.10. The van der Waals surface area contributed by atoms with Crippen molar-refractivity contribution in [1.82, 2.24) is 15.5 Å². The largest absolute Gasteiger partial charge is 0.497 e. The zero-order valence-electron chi connectivity index (χ0n) is 12.0. The lowest BCUT2D eigenvalue weighted by Gasteiger charge is -2.31. The monoisotopic (exact) mass is 275 g/mol. The van der Waals surface area contributed by atoms with Gasteiger partial charge in [0.05, 0.1) is 12.8 Å². The Morgan fingerprint density at radius 2 is 1.95 bits per heavy atom. The van der Waals surface area contributed by atoms with Crippen molar-refractivity contribution in [3.63, 3.8) is 0 Å². The lowest BCUT2D eigenvalue weighted by Crippen LogP contribution is -2.42. The average molecular weight is 275 g/mol. The highest BCUT2D eigenvalue weighted by Crippen LogP contribution is 2.21. The summed E-state index contributed by atoms with van der Waals surface area (Å²) in [6.07, 6.45) is 1.79. The van der Waals surface area contributed by atoms with Crippen LogP contribution in [0.2, 0.25) is 0 Å². The van der Waals surface area contributed by atoms with Gasteiger partial charge in [0, 0.05) is 39.3 Å². The van der Waals surface area contributed by atoms with Crippen LogP contribution in [0.25, 0.3) is 5.70 Å². The fourth-order valence-electron chi connectivity index (χ4n) is 2.19. The number of nitrogens with zero attached hydrogens (tertiary/aromatic N) is 1. The van der Waals surface area contributed by atoms with Crippen molar-refractivity contribution in [2.24, 2.45) is 0 Å². The molecule has 1 aromatic rings. The van der Waals surface area contributed by atoms with E-state index in [-0.39, 0.29) is 5.91 Å². The van der Waals surface area contributed by atoms with E-state index >= 15 is 0 Å². The normalized spacial score (nSPS) is 15.9. The van der Waals surface area contributed by atoms with Crippen molar-refractivity contribution in [2.75, 3.05) is 33.3 Å². The number of benzene rings is 1.